The number of likely N-dealkylation sites (N-methyl/N-ethyl adjacent to an activating group) is 1. The highest BCUT2D eigenvalue weighted by molar-refractivity contribution is 7.11. The summed E-state index contributed by atoms with van der Waals surface area (Å²) in [5, 5.41) is 4.82. The number of aryl methyl sites for hydroxylation is 2. The van der Waals surface area contributed by atoms with E-state index >= 15 is 0 Å². The van der Waals surface area contributed by atoms with Crippen molar-refractivity contribution in [2.75, 3.05) is 13.2 Å². The molecule has 3 nitrogen and oxygen atoms in total. The van der Waals surface area contributed by atoms with E-state index in [-0.39, 0.29) is 11.6 Å². The van der Waals surface area contributed by atoms with Crippen molar-refractivity contribution in [2.24, 2.45) is 0 Å². The van der Waals surface area contributed by atoms with Crippen LogP contribution in [0.1, 0.15) is 42.8 Å². The van der Waals surface area contributed by atoms with Crippen LogP contribution < -0.4 is 5.32 Å². The molecule has 1 fully saturated rings. The van der Waals surface area contributed by atoms with Gasteiger partial charge in [0.1, 0.15) is 5.01 Å². The third-order valence-corrected chi connectivity index (χ3v) is 4.85. The second kappa shape index (κ2) is 5.04. The first kappa shape index (κ1) is 13.0. The molecule has 2 atom stereocenters. The summed E-state index contributed by atoms with van der Waals surface area (Å²) in [5.74, 6) is 0. The molecule has 0 amide bonds. The van der Waals surface area contributed by atoms with Gasteiger partial charge in [-0.25, -0.2) is 4.98 Å². The third-order valence-electron chi connectivity index (χ3n) is 3.66. The molecular weight excluding hydrogens is 232 g/mol. The molecule has 0 bridgehead atoms. The minimum absolute atomic E-state index is 0.0579. The average Bonchev–Trinajstić information content (AvgIpc) is 2.85. The molecule has 0 saturated carbocycles. The Hall–Kier alpha value is -0.450. The summed E-state index contributed by atoms with van der Waals surface area (Å²) in [6, 6.07) is 0. The van der Waals surface area contributed by atoms with E-state index in [0.717, 1.165) is 26.0 Å². The van der Waals surface area contributed by atoms with E-state index < -0.39 is 0 Å². The SMILES string of the molecule is CCNC1(c2nc(CC)c(C)s2)CCOC1C. The van der Waals surface area contributed by atoms with Gasteiger partial charge in [0.25, 0.3) is 0 Å². The number of thiazole rings is 1. The Morgan fingerprint density at radius 3 is 2.76 bits per heavy atom. The molecule has 1 aromatic heterocycles. The lowest BCUT2D eigenvalue weighted by Gasteiger charge is -2.31. The predicted molar refractivity (Wildman–Crippen MR) is 71.6 cm³/mol. The number of aromatic nitrogens is 1. The van der Waals surface area contributed by atoms with Crippen molar-refractivity contribution in [3.8, 4) is 0 Å². The van der Waals surface area contributed by atoms with Gasteiger partial charge >= 0.3 is 0 Å². The molecule has 4 heteroatoms. The first-order valence-electron chi connectivity index (χ1n) is 6.47. The highest BCUT2D eigenvalue weighted by Crippen LogP contribution is 2.38. The number of rotatable bonds is 4. The minimum Gasteiger partial charge on any atom is -0.376 e. The van der Waals surface area contributed by atoms with Crippen molar-refractivity contribution in [3.05, 3.63) is 15.6 Å². The van der Waals surface area contributed by atoms with Gasteiger partial charge in [-0.1, -0.05) is 13.8 Å². The maximum atomic E-state index is 5.76. The van der Waals surface area contributed by atoms with E-state index in [4.69, 9.17) is 9.72 Å². The Labute approximate surface area is 108 Å². The van der Waals surface area contributed by atoms with Gasteiger partial charge in [-0.3, -0.25) is 0 Å². The standard InChI is InChI=1S/C13H22N2OS/c1-5-11-9(3)17-12(15-11)13(14-6-2)7-8-16-10(13)4/h10,14H,5-8H2,1-4H3. The second-order valence-electron chi connectivity index (χ2n) is 4.64. The van der Waals surface area contributed by atoms with Crippen molar-refractivity contribution in [2.45, 2.75) is 52.2 Å². The zero-order valence-electron chi connectivity index (χ0n) is 11.2. The zero-order chi connectivity index (χ0) is 12.5. The summed E-state index contributed by atoms with van der Waals surface area (Å²) in [6.07, 6.45) is 2.25. The number of ether oxygens (including phenoxy) is 1. The largest absolute Gasteiger partial charge is 0.376 e. The van der Waals surface area contributed by atoms with Crippen molar-refractivity contribution >= 4 is 11.3 Å². The van der Waals surface area contributed by atoms with E-state index in [9.17, 15) is 0 Å². The topological polar surface area (TPSA) is 34.2 Å². The maximum absolute atomic E-state index is 5.76. The Morgan fingerprint density at radius 2 is 2.29 bits per heavy atom. The zero-order valence-corrected chi connectivity index (χ0v) is 12.0. The first-order chi connectivity index (χ1) is 8.14. The molecule has 1 aliphatic heterocycles. The molecule has 2 heterocycles. The van der Waals surface area contributed by atoms with E-state index in [1.807, 2.05) is 11.3 Å². The van der Waals surface area contributed by atoms with Crippen molar-refractivity contribution in [1.82, 2.24) is 10.3 Å². The summed E-state index contributed by atoms with van der Waals surface area (Å²) in [7, 11) is 0. The number of nitrogens with zero attached hydrogens (tertiary/aromatic N) is 1. The van der Waals surface area contributed by atoms with Gasteiger partial charge in [0.05, 0.1) is 17.3 Å². The first-order valence-corrected chi connectivity index (χ1v) is 7.29. The van der Waals surface area contributed by atoms with Gasteiger partial charge in [0, 0.05) is 11.5 Å². The Morgan fingerprint density at radius 1 is 1.53 bits per heavy atom. The molecule has 0 radical (unpaired) electrons. The highest BCUT2D eigenvalue weighted by Gasteiger charge is 2.45. The summed E-state index contributed by atoms with van der Waals surface area (Å²) in [5.41, 5.74) is 1.18. The van der Waals surface area contributed by atoms with Crippen LogP contribution in [0.3, 0.4) is 0 Å². The predicted octanol–water partition coefficient (Wildman–Crippen LogP) is 2.63. The number of nitrogens with one attached hydrogen (secondary N) is 1. The van der Waals surface area contributed by atoms with Crippen LogP contribution in [0.4, 0.5) is 0 Å². The molecule has 2 rings (SSSR count). The van der Waals surface area contributed by atoms with Gasteiger partial charge in [-0.2, -0.15) is 0 Å². The average molecular weight is 254 g/mol. The molecule has 0 spiro atoms. The smallest absolute Gasteiger partial charge is 0.116 e. The number of hydrogen-bond acceptors (Lipinski definition) is 4. The van der Waals surface area contributed by atoms with Crippen LogP contribution in [-0.2, 0) is 16.7 Å². The minimum atomic E-state index is -0.0579. The lowest BCUT2D eigenvalue weighted by Crippen LogP contribution is -2.47. The van der Waals surface area contributed by atoms with Gasteiger partial charge in [0.2, 0.25) is 0 Å². The molecule has 2 unspecified atom stereocenters. The van der Waals surface area contributed by atoms with E-state index in [0.29, 0.717) is 0 Å². The fourth-order valence-corrected chi connectivity index (χ4v) is 3.87. The molecule has 1 saturated heterocycles. The monoisotopic (exact) mass is 254 g/mol. The molecule has 96 valence electrons. The normalized spacial score (nSPS) is 28.8. The molecule has 1 N–H and O–H groups in total. The highest BCUT2D eigenvalue weighted by atomic mass is 32.1. The molecule has 0 aliphatic carbocycles. The van der Waals surface area contributed by atoms with E-state index in [2.05, 4.69) is 33.0 Å². The Balaban J connectivity index is 2.38. The van der Waals surface area contributed by atoms with Gasteiger partial charge < -0.3 is 10.1 Å². The van der Waals surface area contributed by atoms with Crippen LogP contribution in [0, 0.1) is 6.92 Å². The molecule has 0 aromatic carbocycles. The Bertz CT molecular complexity index is 391. The fourth-order valence-electron chi connectivity index (χ4n) is 2.59. The summed E-state index contributed by atoms with van der Waals surface area (Å²) in [4.78, 5) is 6.17. The third kappa shape index (κ3) is 2.14. The Kier molecular flexibility index (Phi) is 3.85. The van der Waals surface area contributed by atoms with Crippen LogP contribution >= 0.6 is 11.3 Å². The lowest BCUT2D eigenvalue weighted by atomic mass is 9.92. The molecule has 17 heavy (non-hydrogen) atoms. The van der Waals surface area contributed by atoms with Gasteiger partial charge in [-0.15, -0.1) is 11.3 Å². The summed E-state index contributed by atoms with van der Waals surface area (Å²) < 4.78 is 5.76. The van der Waals surface area contributed by atoms with Gasteiger partial charge in [0.15, 0.2) is 0 Å². The fraction of sp³-hybridized carbons (Fsp3) is 0.769. The second-order valence-corrected chi connectivity index (χ2v) is 5.84. The number of hydrogen-bond donors (Lipinski definition) is 1. The van der Waals surface area contributed by atoms with E-state index in [1.165, 1.54) is 15.6 Å². The lowest BCUT2D eigenvalue weighted by molar-refractivity contribution is 0.0825. The van der Waals surface area contributed by atoms with Crippen molar-refractivity contribution < 1.29 is 4.74 Å². The molecule has 1 aromatic rings. The van der Waals surface area contributed by atoms with Crippen LogP contribution in [0.5, 0.6) is 0 Å². The molecular formula is C13H22N2OS. The molecule has 1 aliphatic rings. The van der Waals surface area contributed by atoms with Crippen LogP contribution in [-0.4, -0.2) is 24.2 Å². The van der Waals surface area contributed by atoms with Crippen molar-refractivity contribution in [1.29, 1.82) is 0 Å². The van der Waals surface area contributed by atoms with E-state index in [1.54, 1.807) is 0 Å². The quantitative estimate of drug-likeness (QED) is 0.897. The van der Waals surface area contributed by atoms with Gasteiger partial charge in [-0.05, 0) is 33.2 Å². The van der Waals surface area contributed by atoms with Crippen LogP contribution in [0.2, 0.25) is 0 Å². The summed E-state index contributed by atoms with van der Waals surface area (Å²) in [6.45, 7) is 10.4. The van der Waals surface area contributed by atoms with Crippen molar-refractivity contribution in [3.63, 3.8) is 0 Å². The maximum Gasteiger partial charge on any atom is 0.116 e. The van der Waals surface area contributed by atoms with Crippen LogP contribution in [0.25, 0.3) is 0 Å². The summed E-state index contributed by atoms with van der Waals surface area (Å²) >= 11 is 1.83. The van der Waals surface area contributed by atoms with Crippen LogP contribution in [0.15, 0.2) is 0 Å².